The van der Waals surface area contributed by atoms with Gasteiger partial charge in [0.1, 0.15) is 16.4 Å². The Morgan fingerprint density at radius 1 is 1.31 bits per heavy atom. The third-order valence-electron chi connectivity index (χ3n) is 5.19. The minimum atomic E-state index is 0.338. The summed E-state index contributed by atoms with van der Waals surface area (Å²) in [6, 6.07) is 6.72. The van der Waals surface area contributed by atoms with E-state index >= 15 is 0 Å². The molecule has 26 heavy (non-hydrogen) atoms. The molecule has 0 saturated carbocycles. The van der Waals surface area contributed by atoms with E-state index in [1.807, 2.05) is 12.1 Å². The lowest BCUT2D eigenvalue weighted by molar-refractivity contribution is 0.154. The highest BCUT2D eigenvalue weighted by molar-refractivity contribution is 7.18. The van der Waals surface area contributed by atoms with Gasteiger partial charge in [-0.05, 0) is 44.5 Å². The zero-order valence-electron chi connectivity index (χ0n) is 15.7. The highest BCUT2D eigenvalue weighted by Crippen LogP contribution is 2.32. The lowest BCUT2D eigenvalue weighted by Gasteiger charge is -2.32. The van der Waals surface area contributed by atoms with Gasteiger partial charge < -0.3 is 10.2 Å². The molecule has 6 heteroatoms. The molecule has 5 nitrogen and oxygen atoms in total. The van der Waals surface area contributed by atoms with E-state index in [2.05, 4.69) is 36.7 Å². The number of fused-ring (bicyclic) bond motifs is 1. The summed E-state index contributed by atoms with van der Waals surface area (Å²) in [5, 5.41) is 0.953. The van der Waals surface area contributed by atoms with Crippen molar-refractivity contribution in [2.24, 2.45) is 0 Å². The summed E-state index contributed by atoms with van der Waals surface area (Å²) in [6.45, 7) is 8.67. The van der Waals surface area contributed by atoms with E-state index in [4.69, 9.17) is 15.1 Å². The molecular weight excluding hydrogens is 344 g/mol. The molecule has 0 bridgehead atoms. The fourth-order valence-corrected chi connectivity index (χ4v) is 4.62. The molecule has 0 unspecified atom stereocenters. The second kappa shape index (κ2) is 7.00. The number of anilines is 1. The maximum atomic E-state index is 6.24. The third-order valence-corrected chi connectivity index (χ3v) is 6.20. The number of hydrogen-bond donors (Lipinski definition) is 1. The Balaban J connectivity index is 1.64. The summed E-state index contributed by atoms with van der Waals surface area (Å²) in [5.74, 6) is 3.06. The van der Waals surface area contributed by atoms with E-state index in [0.717, 1.165) is 22.5 Å². The minimum Gasteiger partial charge on any atom is -0.457 e. The van der Waals surface area contributed by atoms with Crippen LogP contribution in [0.5, 0.6) is 0 Å². The van der Waals surface area contributed by atoms with Crippen LogP contribution in [-0.2, 0) is 6.54 Å². The molecule has 1 aliphatic heterocycles. The van der Waals surface area contributed by atoms with Gasteiger partial charge in [0.05, 0.1) is 5.39 Å². The van der Waals surface area contributed by atoms with E-state index < -0.39 is 0 Å². The molecule has 0 spiro atoms. The van der Waals surface area contributed by atoms with E-state index in [0.29, 0.717) is 29.4 Å². The first-order chi connectivity index (χ1) is 12.5. The van der Waals surface area contributed by atoms with E-state index in [-0.39, 0.29) is 0 Å². The number of nitrogen functional groups attached to an aromatic ring is 1. The Bertz CT molecular complexity index is 914. The van der Waals surface area contributed by atoms with E-state index in [1.54, 1.807) is 11.3 Å². The Labute approximate surface area is 158 Å². The van der Waals surface area contributed by atoms with Gasteiger partial charge >= 0.3 is 0 Å². The number of hydrogen-bond acceptors (Lipinski definition) is 6. The summed E-state index contributed by atoms with van der Waals surface area (Å²) in [4.78, 5) is 14.0. The Morgan fingerprint density at radius 2 is 2.15 bits per heavy atom. The van der Waals surface area contributed by atoms with Crippen LogP contribution in [0, 0.1) is 0 Å². The number of thiophene rings is 1. The van der Waals surface area contributed by atoms with Gasteiger partial charge in [0.15, 0.2) is 11.6 Å². The summed E-state index contributed by atoms with van der Waals surface area (Å²) in [6.07, 6.45) is 3.92. The Kier molecular flexibility index (Phi) is 4.71. The lowest BCUT2D eigenvalue weighted by Crippen LogP contribution is -2.36. The fourth-order valence-electron chi connectivity index (χ4n) is 3.56. The number of nitrogens with two attached hydrogens (primary N) is 1. The van der Waals surface area contributed by atoms with Crippen LogP contribution in [0.3, 0.4) is 0 Å². The topological polar surface area (TPSA) is 68.2 Å². The minimum absolute atomic E-state index is 0.338. The number of rotatable bonds is 4. The molecule has 3 aromatic heterocycles. The van der Waals surface area contributed by atoms with Crippen molar-refractivity contribution in [2.75, 3.05) is 12.3 Å². The van der Waals surface area contributed by atoms with Gasteiger partial charge in [-0.1, -0.05) is 20.3 Å². The largest absolute Gasteiger partial charge is 0.457 e. The molecule has 1 atom stereocenters. The molecule has 0 radical (unpaired) electrons. The summed E-state index contributed by atoms with van der Waals surface area (Å²) >= 11 is 1.71. The third kappa shape index (κ3) is 3.35. The molecule has 0 aromatic carbocycles. The maximum Gasteiger partial charge on any atom is 0.199 e. The first-order valence-electron chi connectivity index (χ1n) is 9.41. The molecule has 1 aliphatic rings. The average Bonchev–Trinajstić information content (AvgIpc) is 3.24. The van der Waals surface area contributed by atoms with Crippen molar-refractivity contribution in [3.63, 3.8) is 0 Å². The zero-order chi connectivity index (χ0) is 18.3. The van der Waals surface area contributed by atoms with Crippen LogP contribution >= 0.6 is 11.3 Å². The van der Waals surface area contributed by atoms with Gasteiger partial charge in [-0.25, -0.2) is 9.97 Å². The number of piperidine rings is 1. The normalized spacial score (nSPS) is 18.8. The summed E-state index contributed by atoms with van der Waals surface area (Å²) in [5.41, 5.74) is 6.24. The zero-order valence-corrected chi connectivity index (χ0v) is 16.5. The van der Waals surface area contributed by atoms with Crippen molar-refractivity contribution in [1.82, 2.24) is 14.9 Å². The standard InChI is InChI=1S/C20H26N4OS/c1-12(2)16-7-8-17(25-16)19-22-18(21)15-10-14(26-20(15)23-19)11-24-9-5-4-6-13(24)3/h7-8,10,12-13H,4-6,9,11H2,1-3H3,(H2,21,22,23)/t13-/m0/s1. The van der Waals surface area contributed by atoms with Gasteiger partial charge in [0.25, 0.3) is 0 Å². The molecule has 1 saturated heterocycles. The van der Waals surface area contributed by atoms with Crippen LogP contribution in [0.2, 0.25) is 0 Å². The number of aromatic nitrogens is 2. The van der Waals surface area contributed by atoms with Crippen molar-refractivity contribution in [3.05, 3.63) is 28.8 Å². The first kappa shape index (κ1) is 17.5. The van der Waals surface area contributed by atoms with E-state index in [9.17, 15) is 0 Å². The second-order valence-electron chi connectivity index (χ2n) is 7.54. The molecule has 1 fully saturated rings. The fraction of sp³-hybridized carbons (Fsp3) is 0.500. The molecule has 3 aromatic rings. The van der Waals surface area contributed by atoms with Crippen LogP contribution in [0.1, 0.15) is 56.6 Å². The predicted octanol–water partition coefficient (Wildman–Crippen LogP) is 5.03. The van der Waals surface area contributed by atoms with E-state index in [1.165, 1.54) is 30.7 Å². The molecule has 4 heterocycles. The molecule has 0 amide bonds. The van der Waals surface area contributed by atoms with Crippen molar-refractivity contribution < 1.29 is 4.42 Å². The quantitative estimate of drug-likeness (QED) is 0.697. The molecule has 138 valence electrons. The van der Waals surface area contributed by atoms with Gasteiger partial charge in [-0.2, -0.15) is 0 Å². The van der Waals surface area contributed by atoms with Crippen molar-refractivity contribution in [3.8, 4) is 11.6 Å². The van der Waals surface area contributed by atoms with Crippen LogP contribution in [-0.4, -0.2) is 27.5 Å². The molecule has 0 aliphatic carbocycles. The second-order valence-corrected chi connectivity index (χ2v) is 8.65. The first-order valence-corrected chi connectivity index (χ1v) is 10.2. The van der Waals surface area contributed by atoms with Gasteiger partial charge in [-0.3, -0.25) is 4.90 Å². The van der Waals surface area contributed by atoms with Crippen LogP contribution in [0.4, 0.5) is 5.82 Å². The SMILES string of the molecule is CC(C)c1ccc(-c2nc(N)c3cc(CN4CCCC[C@@H]4C)sc3n2)o1. The highest BCUT2D eigenvalue weighted by atomic mass is 32.1. The Hall–Kier alpha value is -1.92. The summed E-state index contributed by atoms with van der Waals surface area (Å²) in [7, 11) is 0. The van der Waals surface area contributed by atoms with Crippen LogP contribution in [0.15, 0.2) is 22.6 Å². The molecule has 2 N–H and O–H groups in total. The smallest absolute Gasteiger partial charge is 0.199 e. The number of nitrogens with zero attached hydrogens (tertiary/aromatic N) is 3. The number of furan rings is 1. The maximum absolute atomic E-state index is 6.24. The molecular formula is C20H26N4OS. The number of likely N-dealkylation sites (tertiary alicyclic amines) is 1. The predicted molar refractivity (Wildman–Crippen MR) is 107 cm³/mol. The van der Waals surface area contributed by atoms with Gasteiger partial charge in [0.2, 0.25) is 0 Å². The van der Waals surface area contributed by atoms with Crippen molar-refractivity contribution in [2.45, 2.75) is 58.5 Å². The van der Waals surface area contributed by atoms with Gasteiger partial charge in [-0.15, -0.1) is 11.3 Å². The van der Waals surface area contributed by atoms with Crippen molar-refractivity contribution >= 4 is 27.4 Å². The lowest BCUT2D eigenvalue weighted by atomic mass is 10.0. The van der Waals surface area contributed by atoms with Crippen molar-refractivity contribution in [1.29, 1.82) is 0 Å². The van der Waals surface area contributed by atoms with Gasteiger partial charge in [0, 0.05) is 23.4 Å². The molecule has 4 rings (SSSR count). The van der Waals surface area contributed by atoms with Crippen LogP contribution < -0.4 is 5.73 Å². The monoisotopic (exact) mass is 370 g/mol. The highest BCUT2D eigenvalue weighted by Gasteiger charge is 2.20. The van der Waals surface area contributed by atoms with Crippen LogP contribution in [0.25, 0.3) is 21.8 Å². The Morgan fingerprint density at radius 3 is 2.88 bits per heavy atom. The average molecular weight is 371 g/mol. The summed E-state index contributed by atoms with van der Waals surface area (Å²) < 4.78 is 5.89.